The first-order valence-electron chi connectivity index (χ1n) is 5.44. The predicted molar refractivity (Wildman–Crippen MR) is 58.7 cm³/mol. The molecule has 0 bridgehead atoms. The van der Waals surface area contributed by atoms with E-state index < -0.39 is 50.1 Å². The molecule has 0 saturated heterocycles. The van der Waals surface area contributed by atoms with Gasteiger partial charge in [-0.25, -0.2) is 0 Å². The summed E-state index contributed by atoms with van der Waals surface area (Å²) >= 11 is 0. The van der Waals surface area contributed by atoms with E-state index in [-0.39, 0.29) is 118 Å². The second kappa shape index (κ2) is 18.1. The summed E-state index contributed by atoms with van der Waals surface area (Å²) in [5, 5.41) is 41.6. The molecule has 23 heavy (non-hydrogen) atoms. The Morgan fingerprint density at radius 1 is 0.565 bits per heavy atom. The van der Waals surface area contributed by atoms with E-state index in [0.29, 0.717) is 0 Å². The van der Waals surface area contributed by atoms with E-state index in [9.17, 15) is 39.6 Å². The maximum atomic E-state index is 10.4. The van der Waals surface area contributed by atoms with Gasteiger partial charge in [-0.3, -0.25) is 9.80 Å². The average Bonchev–Trinajstić information content (AvgIpc) is 2.22. The molecule has 0 aromatic rings. The SMILES string of the molecule is O=C([O-])CN(CCN(CC(=O)[O-])CC(=O)[O-])CC(=O)[O-].[Na+].[Na+].[Sr+2]. The van der Waals surface area contributed by atoms with Gasteiger partial charge in [0.15, 0.2) is 0 Å². The third-order valence-corrected chi connectivity index (χ3v) is 2.14. The van der Waals surface area contributed by atoms with Crippen molar-refractivity contribution in [2.45, 2.75) is 0 Å². The standard InChI is InChI=1S/C10H16N2O8.2Na.Sr/c13-7(14)3-11(4-8(15)16)1-2-12(5-9(17)18)6-10(19)20;;;/h1-6H2,(H,13,14)(H,15,16)(H,17,18)(H,19,20);;;/q;2*+1;+2/p-4. The van der Waals surface area contributed by atoms with Crippen molar-refractivity contribution in [3.63, 3.8) is 0 Å². The van der Waals surface area contributed by atoms with Crippen LogP contribution in [0.5, 0.6) is 0 Å². The number of hydrogen-bond donors (Lipinski definition) is 0. The normalized spacial score (nSPS) is 9.30. The van der Waals surface area contributed by atoms with Crippen molar-refractivity contribution in [3.05, 3.63) is 0 Å². The Bertz CT molecular complexity index is 331. The minimum Gasteiger partial charge on any atom is -0.549 e. The van der Waals surface area contributed by atoms with Crippen LogP contribution in [0, 0.1) is 0 Å². The second-order valence-corrected chi connectivity index (χ2v) is 3.91. The molecule has 0 fully saturated rings. The largest absolute Gasteiger partial charge is 2.00 e. The fraction of sp³-hybridized carbons (Fsp3) is 0.600. The zero-order chi connectivity index (χ0) is 15.7. The van der Waals surface area contributed by atoms with E-state index >= 15 is 0 Å². The zero-order valence-corrected chi connectivity index (χ0v) is 20.6. The number of aliphatic carboxylic acids is 4. The van der Waals surface area contributed by atoms with Crippen LogP contribution in [-0.2, 0) is 19.2 Å². The summed E-state index contributed by atoms with van der Waals surface area (Å²) in [4.78, 5) is 43.4. The summed E-state index contributed by atoms with van der Waals surface area (Å²) in [5.41, 5.74) is 0. The summed E-state index contributed by atoms with van der Waals surface area (Å²) in [5.74, 6) is -6.12. The van der Waals surface area contributed by atoms with Crippen LogP contribution in [0.2, 0.25) is 0 Å². The van der Waals surface area contributed by atoms with Gasteiger partial charge in [0.2, 0.25) is 0 Å². The molecule has 0 aromatic carbocycles. The van der Waals surface area contributed by atoms with E-state index in [0.717, 1.165) is 9.80 Å². The molecular formula is C10H12N2Na2O8Sr. The summed E-state index contributed by atoms with van der Waals surface area (Å²) in [6.45, 7) is -3.25. The molecule has 0 atom stereocenters. The number of carboxylic acids is 4. The smallest absolute Gasteiger partial charge is 0.549 e. The number of nitrogens with zero attached hydrogens (tertiary/aromatic N) is 2. The maximum absolute atomic E-state index is 10.4. The number of hydrogen-bond acceptors (Lipinski definition) is 10. The molecular weight excluding hydrogens is 410 g/mol. The monoisotopic (exact) mass is 422 g/mol. The Balaban J connectivity index is -0.000000602. The Hall–Kier alpha value is 1.28. The van der Waals surface area contributed by atoms with Crippen molar-refractivity contribution < 1.29 is 98.7 Å². The van der Waals surface area contributed by atoms with Gasteiger partial charge in [0.05, 0.1) is 23.9 Å². The van der Waals surface area contributed by atoms with Gasteiger partial charge < -0.3 is 39.6 Å². The minimum atomic E-state index is -1.53. The van der Waals surface area contributed by atoms with Gasteiger partial charge in [-0.15, -0.1) is 0 Å². The van der Waals surface area contributed by atoms with Gasteiger partial charge in [0, 0.05) is 39.3 Å². The van der Waals surface area contributed by atoms with Gasteiger partial charge in [-0.2, -0.15) is 0 Å². The first-order chi connectivity index (χ1) is 9.20. The van der Waals surface area contributed by atoms with Crippen molar-refractivity contribution in [2.75, 3.05) is 39.3 Å². The van der Waals surface area contributed by atoms with Crippen molar-refractivity contribution in [3.8, 4) is 0 Å². The summed E-state index contributed by atoms with van der Waals surface area (Å²) < 4.78 is 0. The van der Waals surface area contributed by atoms with Crippen molar-refractivity contribution >= 4 is 69.4 Å². The fourth-order valence-electron chi connectivity index (χ4n) is 1.44. The number of carboxylic acid groups (broad SMARTS) is 4. The minimum absolute atomic E-state index is 0. The van der Waals surface area contributed by atoms with E-state index in [1.54, 1.807) is 0 Å². The fourth-order valence-corrected chi connectivity index (χ4v) is 1.44. The quantitative estimate of drug-likeness (QED) is 0.292. The molecule has 0 radical (unpaired) electrons. The van der Waals surface area contributed by atoms with Gasteiger partial charge in [0.25, 0.3) is 0 Å². The second-order valence-electron chi connectivity index (χ2n) is 3.91. The Kier molecular flexibility index (Phi) is 25.2. The molecule has 10 nitrogen and oxygen atoms in total. The van der Waals surface area contributed by atoms with Crippen LogP contribution in [-0.4, -0.2) is 118 Å². The maximum Gasteiger partial charge on any atom is 2.00 e. The summed E-state index contributed by atoms with van der Waals surface area (Å²) in [7, 11) is 0. The number of rotatable bonds is 11. The Morgan fingerprint density at radius 3 is 0.870 bits per heavy atom. The van der Waals surface area contributed by atoms with Crippen molar-refractivity contribution in [1.29, 1.82) is 0 Å². The van der Waals surface area contributed by atoms with Crippen LogP contribution in [0.15, 0.2) is 0 Å². The molecule has 0 amide bonds. The van der Waals surface area contributed by atoms with Crippen LogP contribution < -0.4 is 79.5 Å². The molecule has 0 aliphatic heterocycles. The Labute approximate surface area is 214 Å². The number of carbonyl (C=O) groups excluding carboxylic acids is 4. The van der Waals surface area contributed by atoms with E-state index in [1.165, 1.54) is 0 Å². The molecule has 0 aliphatic carbocycles. The van der Waals surface area contributed by atoms with Crippen LogP contribution in [0.25, 0.3) is 0 Å². The Morgan fingerprint density at radius 2 is 0.739 bits per heavy atom. The predicted octanol–water partition coefficient (Wildman–Crippen LogP) is -13.8. The van der Waals surface area contributed by atoms with Crippen LogP contribution in [0.3, 0.4) is 0 Å². The molecule has 0 spiro atoms. The van der Waals surface area contributed by atoms with Crippen molar-refractivity contribution in [1.82, 2.24) is 9.80 Å². The van der Waals surface area contributed by atoms with Gasteiger partial charge in [-0.1, -0.05) is 0 Å². The first-order valence-corrected chi connectivity index (χ1v) is 5.44. The molecule has 0 aliphatic rings. The van der Waals surface area contributed by atoms with Crippen LogP contribution in [0.1, 0.15) is 0 Å². The molecule has 0 rings (SSSR count). The molecule has 13 heteroatoms. The van der Waals surface area contributed by atoms with Crippen LogP contribution in [0.4, 0.5) is 0 Å². The topological polar surface area (TPSA) is 167 Å². The molecule has 0 aromatic heterocycles. The number of carbonyl (C=O) groups is 4. The van der Waals surface area contributed by atoms with Gasteiger partial charge >= 0.3 is 105 Å². The third-order valence-electron chi connectivity index (χ3n) is 2.14. The molecule has 0 heterocycles. The molecule has 0 saturated carbocycles. The van der Waals surface area contributed by atoms with E-state index in [4.69, 9.17) is 0 Å². The summed E-state index contributed by atoms with van der Waals surface area (Å²) in [6, 6.07) is 0. The molecule has 0 N–H and O–H groups in total. The molecule has 0 unspecified atom stereocenters. The van der Waals surface area contributed by atoms with E-state index in [2.05, 4.69) is 0 Å². The first kappa shape index (κ1) is 32.0. The van der Waals surface area contributed by atoms with Crippen LogP contribution >= 0.6 is 0 Å². The van der Waals surface area contributed by atoms with Gasteiger partial charge in [-0.05, 0) is 0 Å². The third kappa shape index (κ3) is 21.2. The van der Waals surface area contributed by atoms with Gasteiger partial charge in [0.1, 0.15) is 0 Å². The van der Waals surface area contributed by atoms with Crippen molar-refractivity contribution in [2.24, 2.45) is 0 Å². The average molecular weight is 422 g/mol. The van der Waals surface area contributed by atoms with E-state index in [1.807, 2.05) is 0 Å². The molecule has 114 valence electrons. The summed E-state index contributed by atoms with van der Waals surface area (Å²) in [6.07, 6.45) is 0. The zero-order valence-electron chi connectivity index (χ0n) is 13.1.